The lowest BCUT2D eigenvalue weighted by atomic mass is 10.1. The predicted octanol–water partition coefficient (Wildman–Crippen LogP) is 1.73. The quantitative estimate of drug-likeness (QED) is 0.907. The second-order valence-corrected chi connectivity index (χ2v) is 6.78. The Bertz CT molecular complexity index is 733. The summed E-state index contributed by atoms with van der Waals surface area (Å²) in [5, 5.41) is 5.93. The van der Waals surface area contributed by atoms with Gasteiger partial charge in [0, 0.05) is 30.7 Å². The minimum absolute atomic E-state index is 0.0321. The standard InChI is InChI=1S/C16H21N5O2S/c1-10-6-14(17-3)20-16(18-10)13-8-23-5-4-21(13)15(22)7-12-9-24-11(2)19-12/h6,9,13H,4-5,7-8H2,1-3H3,(H,17,18,20)/t13-/m1/s1. The van der Waals surface area contributed by atoms with Crippen molar-refractivity contribution in [2.75, 3.05) is 32.1 Å². The molecule has 1 atom stereocenters. The van der Waals surface area contributed by atoms with Crippen LogP contribution in [0.4, 0.5) is 5.82 Å². The van der Waals surface area contributed by atoms with Crippen molar-refractivity contribution in [1.82, 2.24) is 19.9 Å². The molecule has 1 aliphatic rings. The minimum Gasteiger partial charge on any atom is -0.377 e. The number of nitrogens with one attached hydrogen (secondary N) is 1. The van der Waals surface area contributed by atoms with Crippen molar-refractivity contribution in [3.63, 3.8) is 0 Å². The smallest absolute Gasteiger partial charge is 0.229 e. The summed E-state index contributed by atoms with van der Waals surface area (Å²) in [6.45, 7) is 5.34. The van der Waals surface area contributed by atoms with Gasteiger partial charge in [0.1, 0.15) is 11.9 Å². The first kappa shape index (κ1) is 16.8. The van der Waals surface area contributed by atoms with Crippen LogP contribution in [0.15, 0.2) is 11.4 Å². The van der Waals surface area contributed by atoms with Gasteiger partial charge in [0.05, 0.1) is 30.3 Å². The summed E-state index contributed by atoms with van der Waals surface area (Å²) in [7, 11) is 1.82. The fourth-order valence-electron chi connectivity index (χ4n) is 2.73. The minimum atomic E-state index is -0.266. The number of ether oxygens (including phenoxy) is 1. The van der Waals surface area contributed by atoms with Crippen molar-refractivity contribution in [2.24, 2.45) is 0 Å². The Balaban J connectivity index is 1.82. The summed E-state index contributed by atoms with van der Waals surface area (Å²) >= 11 is 1.56. The number of aromatic nitrogens is 3. The van der Waals surface area contributed by atoms with Crippen LogP contribution in [0, 0.1) is 13.8 Å². The number of aryl methyl sites for hydroxylation is 2. The fourth-order valence-corrected chi connectivity index (χ4v) is 3.34. The molecule has 1 saturated heterocycles. The number of anilines is 1. The SMILES string of the molecule is CNc1cc(C)nc([C@H]2COCCN2C(=O)Cc2csc(C)n2)n1. The summed E-state index contributed by atoms with van der Waals surface area (Å²) < 4.78 is 5.58. The molecule has 1 aliphatic heterocycles. The molecule has 3 rings (SSSR count). The van der Waals surface area contributed by atoms with Crippen molar-refractivity contribution in [3.05, 3.63) is 33.7 Å². The van der Waals surface area contributed by atoms with Gasteiger partial charge in [0.25, 0.3) is 0 Å². The Morgan fingerprint density at radius 1 is 1.42 bits per heavy atom. The zero-order valence-corrected chi connectivity index (χ0v) is 14.9. The molecule has 0 saturated carbocycles. The van der Waals surface area contributed by atoms with Crippen LogP contribution in [0.3, 0.4) is 0 Å². The maximum Gasteiger partial charge on any atom is 0.229 e. The van der Waals surface area contributed by atoms with Gasteiger partial charge in [-0.15, -0.1) is 11.3 Å². The molecule has 0 aromatic carbocycles. The van der Waals surface area contributed by atoms with E-state index in [2.05, 4.69) is 20.3 Å². The first-order chi connectivity index (χ1) is 11.6. The van der Waals surface area contributed by atoms with Gasteiger partial charge in [-0.2, -0.15) is 0 Å². The molecule has 2 aromatic heterocycles. The van der Waals surface area contributed by atoms with Gasteiger partial charge in [-0.05, 0) is 13.8 Å². The number of carbonyl (C=O) groups excluding carboxylic acids is 1. The maximum atomic E-state index is 12.8. The lowest BCUT2D eigenvalue weighted by Gasteiger charge is -2.34. The van der Waals surface area contributed by atoms with Crippen LogP contribution >= 0.6 is 11.3 Å². The van der Waals surface area contributed by atoms with Gasteiger partial charge in [0.2, 0.25) is 5.91 Å². The molecule has 0 aliphatic carbocycles. The Kier molecular flexibility index (Phi) is 5.06. The van der Waals surface area contributed by atoms with Gasteiger partial charge in [-0.1, -0.05) is 0 Å². The molecule has 8 heteroatoms. The van der Waals surface area contributed by atoms with Crippen LogP contribution in [0.2, 0.25) is 0 Å². The molecule has 1 amide bonds. The average molecular weight is 347 g/mol. The largest absolute Gasteiger partial charge is 0.377 e. The van der Waals surface area contributed by atoms with Crippen molar-refractivity contribution < 1.29 is 9.53 Å². The predicted molar refractivity (Wildman–Crippen MR) is 92.1 cm³/mol. The zero-order chi connectivity index (χ0) is 17.1. The summed E-state index contributed by atoms with van der Waals surface area (Å²) in [6, 6.07) is 1.61. The highest BCUT2D eigenvalue weighted by Gasteiger charge is 2.31. The van der Waals surface area contributed by atoms with Gasteiger partial charge >= 0.3 is 0 Å². The van der Waals surface area contributed by atoms with E-state index in [0.29, 0.717) is 32.0 Å². The number of nitrogens with zero attached hydrogens (tertiary/aromatic N) is 4. The third-order valence-corrected chi connectivity index (χ3v) is 4.70. The third-order valence-electron chi connectivity index (χ3n) is 3.87. The summed E-state index contributed by atoms with van der Waals surface area (Å²) in [5.74, 6) is 1.39. The summed E-state index contributed by atoms with van der Waals surface area (Å²) in [6.07, 6.45) is 0.297. The van der Waals surface area contributed by atoms with Gasteiger partial charge in [-0.3, -0.25) is 4.79 Å². The van der Waals surface area contributed by atoms with E-state index in [0.717, 1.165) is 22.2 Å². The van der Waals surface area contributed by atoms with Crippen LogP contribution in [-0.4, -0.2) is 52.6 Å². The molecule has 1 N–H and O–H groups in total. The van der Waals surface area contributed by atoms with Crippen LogP contribution in [0.1, 0.15) is 28.3 Å². The molecule has 128 valence electrons. The van der Waals surface area contributed by atoms with Crippen molar-refractivity contribution in [2.45, 2.75) is 26.3 Å². The van der Waals surface area contributed by atoms with Crippen molar-refractivity contribution in [3.8, 4) is 0 Å². The molecule has 24 heavy (non-hydrogen) atoms. The maximum absolute atomic E-state index is 12.8. The van der Waals surface area contributed by atoms with Crippen LogP contribution in [0.5, 0.6) is 0 Å². The number of hydrogen-bond acceptors (Lipinski definition) is 7. The Hall–Kier alpha value is -2.06. The summed E-state index contributed by atoms with van der Waals surface area (Å²) in [4.78, 5) is 28.0. The molecule has 0 unspecified atom stereocenters. The highest BCUT2D eigenvalue weighted by atomic mass is 32.1. The topological polar surface area (TPSA) is 80.2 Å². The Labute approximate surface area is 145 Å². The molecule has 1 fully saturated rings. The Morgan fingerprint density at radius 3 is 2.96 bits per heavy atom. The molecular formula is C16H21N5O2S. The van der Waals surface area contributed by atoms with Crippen molar-refractivity contribution >= 4 is 23.1 Å². The molecule has 2 aromatic rings. The first-order valence-corrected chi connectivity index (χ1v) is 8.76. The van der Waals surface area contributed by atoms with E-state index in [1.165, 1.54) is 0 Å². The lowest BCUT2D eigenvalue weighted by molar-refractivity contribution is -0.139. The number of morpholine rings is 1. The van der Waals surface area contributed by atoms with E-state index in [1.807, 2.05) is 37.2 Å². The summed E-state index contributed by atoms with van der Waals surface area (Å²) in [5.41, 5.74) is 1.67. The van der Waals surface area contributed by atoms with Gasteiger partial charge in [-0.25, -0.2) is 15.0 Å². The van der Waals surface area contributed by atoms with Crippen molar-refractivity contribution in [1.29, 1.82) is 0 Å². The zero-order valence-electron chi connectivity index (χ0n) is 14.1. The van der Waals surface area contributed by atoms with E-state index in [9.17, 15) is 4.79 Å². The highest BCUT2D eigenvalue weighted by Crippen LogP contribution is 2.24. The van der Waals surface area contributed by atoms with Crippen LogP contribution in [-0.2, 0) is 16.0 Å². The third kappa shape index (κ3) is 3.70. The number of carbonyl (C=O) groups is 1. The van der Waals surface area contributed by atoms with Gasteiger partial charge < -0.3 is 15.0 Å². The van der Waals surface area contributed by atoms with E-state index in [-0.39, 0.29) is 11.9 Å². The fraction of sp³-hybridized carbons (Fsp3) is 0.500. The van der Waals surface area contributed by atoms with Crippen LogP contribution in [0.25, 0.3) is 0 Å². The molecule has 0 bridgehead atoms. The van der Waals surface area contributed by atoms with Crippen LogP contribution < -0.4 is 5.32 Å². The normalized spacial score (nSPS) is 17.8. The molecule has 3 heterocycles. The monoisotopic (exact) mass is 347 g/mol. The van der Waals surface area contributed by atoms with E-state index in [4.69, 9.17) is 4.74 Å². The highest BCUT2D eigenvalue weighted by molar-refractivity contribution is 7.09. The molecule has 0 spiro atoms. The lowest BCUT2D eigenvalue weighted by Crippen LogP contribution is -2.44. The average Bonchev–Trinajstić information content (AvgIpc) is 2.99. The van der Waals surface area contributed by atoms with Gasteiger partial charge in [0.15, 0.2) is 5.82 Å². The molecular weight excluding hydrogens is 326 g/mol. The van der Waals surface area contributed by atoms with E-state index < -0.39 is 0 Å². The number of hydrogen-bond donors (Lipinski definition) is 1. The van der Waals surface area contributed by atoms with E-state index in [1.54, 1.807) is 11.3 Å². The second kappa shape index (κ2) is 7.23. The number of thiazole rings is 1. The first-order valence-electron chi connectivity index (χ1n) is 7.88. The number of amides is 1. The number of rotatable bonds is 4. The molecule has 7 nitrogen and oxygen atoms in total. The second-order valence-electron chi connectivity index (χ2n) is 5.72. The molecule has 0 radical (unpaired) electrons. The Morgan fingerprint density at radius 2 is 2.25 bits per heavy atom. The van der Waals surface area contributed by atoms with E-state index >= 15 is 0 Å².